The number of nitrogens with zero attached hydrogens (tertiary/aromatic N) is 1. The molecule has 3 aliphatic carbocycles. The van der Waals surface area contributed by atoms with E-state index in [1.165, 1.54) is 94.7 Å². The molecule has 14 rings (SSSR count). The SMILES string of the molecule is B1c2cccc3c2N(c2ccccc2C32c3ccccc3-c3ccccc32)c2cc3c(oc4ccccc43)c(-c3cccc4c5c([nH]c34)C3C=CC=CC3C=C5)c21. The molecule has 2 aromatic heterocycles. The first-order chi connectivity index (χ1) is 28.3. The fraction of sp³-hybridized carbons (Fsp3) is 0.0566. The van der Waals surface area contributed by atoms with Gasteiger partial charge in [0.25, 0.3) is 0 Å². The van der Waals surface area contributed by atoms with Gasteiger partial charge < -0.3 is 14.3 Å². The summed E-state index contributed by atoms with van der Waals surface area (Å²) in [7, 11) is 0.786. The van der Waals surface area contributed by atoms with Crippen molar-refractivity contribution < 1.29 is 4.42 Å². The highest BCUT2D eigenvalue weighted by Crippen LogP contribution is 2.63. The smallest absolute Gasteiger partial charge is 0.198 e. The highest BCUT2D eigenvalue weighted by atomic mass is 16.3. The molecule has 2 unspecified atom stereocenters. The lowest BCUT2D eigenvalue weighted by Gasteiger charge is -2.48. The Morgan fingerprint density at radius 1 is 0.596 bits per heavy atom. The maximum absolute atomic E-state index is 6.99. The van der Waals surface area contributed by atoms with E-state index >= 15 is 0 Å². The van der Waals surface area contributed by atoms with Crippen molar-refractivity contribution in [1.29, 1.82) is 0 Å². The number of hydrogen-bond donors (Lipinski definition) is 1. The lowest BCUT2D eigenvalue weighted by Crippen LogP contribution is -2.47. The van der Waals surface area contributed by atoms with Crippen LogP contribution in [0.5, 0.6) is 0 Å². The number of allylic oxidation sites excluding steroid dienone is 5. The minimum atomic E-state index is -0.443. The molecule has 4 heterocycles. The summed E-state index contributed by atoms with van der Waals surface area (Å²) in [5.41, 5.74) is 21.9. The summed E-state index contributed by atoms with van der Waals surface area (Å²) in [5.74, 6) is 0.650. The molecule has 4 heteroatoms. The molecule has 264 valence electrons. The number of fused-ring (bicyclic) bond motifs is 19. The zero-order valence-corrected chi connectivity index (χ0v) is 31.0. The number of H-pyrrole nitrogens is 1. The van der Waals surface area contributed by atoms with Crippen LogP contribution in [-0.4, -0.2) is 12.3 Å². The molecular weight excluding hydrogens is 691 g/mol. The molecule has 7 aromatic carbocycles. The maximum atomic E-state index is 6.99. The van der Waals surface area contributed by atoms with Crippen molar-refractivity contribution in [2.24, 2.45) is 5.92 Å². The summed E-state index contributed by atoms with van der Waals surface area (Å²) in [5, 5.41) is 3.53. The first-order valence-electron chi connectivity index (χ1n) is 20.2. The van der Waals surface area contributed by atoms with Crippen molar-refractivity contribution in [2.75, 3.05) is 4.90 Å². The Labute approximate surface area is 330 Å². The molecule has 2 atom stereocenters. The van der Waals surface area contributed by atoms with Crippen LogP contribution in [0.1, 0.15) is 39.4 Å². The monoisotopic (exact) mass is 724 g/mol. The number of para-hydroxylation sites is 4. The Morgan fingerprint density at radius 3 is 2.18 bits per heavy atom. The predicted molar refractivity (Wildman–Crippen MR) is 237 cm³/mol. The molecule has 5 aliphatic rings. The lowest BCUT2D eigenvalue weighted by atomic mass is 9.54. The van der Waals surface area contributed by atoms with Gasteiger partial charge in [0.15, 0.2) is 7.28 Å². The van der Waals surface area contributed by atoms with Crippen molar-refractivity contribution in [3.8, 4) is 22.3 Å². The van der Waals surface area contributed by atoms with E-state index in [4.69, 9.17) is 4.42 Å². The molecule has 0 saturated heterocycles. The molecule has 0 radical (unpaired) electrons. The van der Waals surface area contributed by atoms with E-state index < -0.39 is 5.41 Å². The van der Waals surface area contributed by atoms with E-state index in [0.29, 0.717) is 11.8 Å². The maximum Gasteiger partial charge on any atom is 0.198 e. The van der Waals surface area contributed by atoms with Crippen molar-refractivity contribution in [1.82, 2.24) is 4.98 Å². The minimum Gasteiger partial charge on any atom is -0.455 e. The third-order valence-electron chi connectivity index (χ3n) is 13.8. The topological polar surface area (TPSA) is 32.2 Å². The van der Waals surface area contributed by atoms with Crippen LogP contribution in [-0.2, 0) is 5.41 Å². The molecule has 3 nitrogen and oxygen atoms in total. The highest BCUT2D eigenvalue weighted by molar-refractivity contribution is 6.74. The van der Waals surface area contributed by atoms with Gasteiger partial charge in [0, 0.05) is 61.8 Å². The largest absolute Gasteiger partial charge is 0.455 e. The van der Waals surface area contributed by atoms with Crippen LogP contribution in [0.3, 0.4) is 0 Å². The normalized spacial score (nSPS) is 18.2. The summed E-state index contributed by atoms with van der Waals surface area (Å²) in [6.07, 6.45) is 13.7. The molecule has 2 aliphatic heterocycles. The van der Waals surface area contributed by atoms with Crippen molar-refractivity contribution in [3.63, 3.8) is 0 Å². The molecular formula is C53H33BN2O. The van der Waals surface area contributed by atoms with Gasteiger partial charge in [-0.1, -0.05) is 163 Å². The number of nitrogens with one attached hydrogen (secondary N) is 1. The Kier molecular flexibility index (Phi) is 5.63. The molecule has 0 fully saturated rings. The molecule has 9 aromatic rings. The van der Waals surface area contributed by atoms with Gasteiger partial charge in [0.05, 0.1) is 16.6 Å². The van der Waals surface area contributed by atoms with Crippen LogP contribution in [0.25, 0.3) is 61.2 Å². The van der Waals surface area contributed by atoms with Gasteiger partial charge in [-0.25, -0.2) is 0 Å². The van der Waals surface area contributed by atoms with Gasteiger partial charge in [0.1, 0.15) is 11.2 Å². The van der Waals surface area contributed by atoms with Gasteiger partial charge in [-0.3, -0.25) is 0 Å². The van der Waals surface area contributed by atoms with Gasteiger partial charge in [-0.05, 0) is 57.0 Å². The van der Waals surface area contributed by atoms with Crippen LogP contribution in [0.4, 0.5) is 17.1 Å². The Balaban J connectivity index is 1.10. The third-order valence-corrected chi connectivity index (χ3v) is 13.8. The van der Waals surface area contributed by atoms with Crippen molar-refractivity contribution in [3.05, 3.63) is 203 Å². The fourth-order valence-corrected chi connectivity index (χ4v) is 11.6. The molecule has 1 N–H and O–H groups in total. The van der Waals surface area contributed by atoms with Gasteiger partial charge in [-0.15, -0.1) is 0 Å². The van der Waals surface area contributed by atoms with Gasteiger partial charge in [0.2, 0.25) is 0 Å². The average Bonchev–Trinajstić information content (AvgIpc) is 3.93. The number of rotatable bonds is 1. The number of furan rings is 1. The second-order valence-corrected chi connectivity index (χ2v) is 16.3. The Bertz CT molecular complexity index is 3330. The first-order valence-corrected chi connectivity index (χ1v) is 20.2. The van der Waals surface area contributed by atoms with Crippen molar-refractivity contribution >= 4 is 74.2 Å². The van der Waals surface area contributed by atoms with Crippen LogP contribution >= 0.6 is 0 Å². The lowest BCUT2D eigenvalue weighted by molar-refractivity contribution is 0.670. The van der Waals surface area contributed by atoms with Crippen LogP contribution in [0.15, 0.2) is 174 Å². The van der Waals surface area contributed by atoms with Gasteiger partial charge >= 0.3 is 0 Å². The first kappa shape index (κ1) is 30.2. The summed E-state index contributed by atoms with van der Waals surface area (Å²) in [6, 6.07) is 52.2. The molecule has 0 saturated carbocycles. The third kappa shape index (κ3) is 3.61. The zero-order chi connectivity index (χ0) is 37.0. The quantitative estimate of drug-likeness (QED) is 0.171. The van der Waals surface area contributed by atoms with Gasteiger partial charge in [-0.2, -0.15) is 0 Å². The van der Waals surface area contributed by atoms with E-state index in [0.717, 1.165) is 29.2 Å². The van der Waals surface area contributed by atoms with E-state index in [-0.39, 0.29) is 0 Å². The van der Waals surface area contributed by atoms with E-state index in [9.17, 15) is 0 Å². The molecule has 1 spiro atoms. The number of hydrogen-bond acceptors (Lipinski definition) is 2. The van der Waals surface area contributed by atoms with Crippen LogP contribution in [0, 0.1) is 5.92 Å². The second kappa shape index (κ2) is 10.6. The second-order valence-electron chi connectivity index (χ2n) is 16.3. The van der Waals surface area contributed by atoms with Crippen LogP contribution < -0.4 is 15.8 Å². The van der Waals surface area contributed by atoms with E-state index in [2.05, 4.69) is 186 Å². The molecule has 0 bridgehead atoms. The molecule has 57 heavy (non-hydrogen) atoms. The summed E-state index contributed by atoms with van der Waals surface area (Å²) in [4.78, 5) is 6.63. The zero-order valence-electron chi connectivity index (χ0n) is 31.0. The van der Waals surface area contributed by atoms with Crippen molar-refractivity contribution in [2.45, 2.75) is 11.3 Å². The summed E-state index contributed by atoms with van der Waals surface area (Å²) in [6.45, 7) is 0. The van der Waals surface area contributed by atoms with Crippen LogP contribution in [0.2, 0.25) is 0 Å². The van der Waals surface area contributed by atoms with E-state index in [1.54, 1.807) is 0 Å². The number of aromatic amines is 1. The Hall–Kier alpha value is -7.04. The summed E-state index contributed by atoms with van der Waals surface area (Å²) >= 11 is 0. The average molecular weight is 725 g/mol. The number of aromatic nitrogens is 1. The Morgan fingerprint density at radius 2 is 1.30 bits per heavy atom. The standard InChI is InChI=1S/C53H33BN2O/c1-2-14-31-30(13-1)27-28-36-35-18-11-19-37(50(35)55-49(31)36)47-48-45(29-38-34-17-5-10-26-46(34)57-52(38)47)56-44-25-9-8-22-41(44)53(42-23-12-24-43(54-48)51(42)56)39-20-6-3-15-32(39)33-16-4-7-21-40(33)53/h1-31,54-55H. The molecule has 0 amide bonds. The summed E-state index contributed by atoms with van der Waals surface area (Å²) < 4.78 is 6.99. The highest BCUT2D eigenvalue weighted by Gasteiger charge is 2.53. The predicted octanol–water partition coefficient (Wildman–Crippen LogP) is 11.4. The number of benzene rings is 7. The fourth-order valence-electron chi connectivity index (χ4n) is 11.6. The number of anilines is 3. The minimum absolute atomic E-state index is 0.291. The van der Waals surface area contributed by atoms with E-state index in [1.807, 2.05) is 0 Å².